The van der Waals surface area contributed by atoms with E-state index in [1.807, 2.05) is 18.2 Å². The van der Waals surface area contributed by atoms with Gasteiger partial charge in [-0.1, -0.05) is 11.6 Å². The summed E-state index contributed by atoms with van der Waals surface area (Å²) >= 11 is 6.12. The Labute approximate surface area is 122 Å². The van der Waals surface area contributed by atoms with Gasteiger partial charge in [0.05, 0.1) is 17.9 Å². The minimum atomic E-state index is 0.746. The average Bonchev–Trinajstić information content (AvgIpc) is 2.97. The summed E-state index contributed by atoms with van der Waals surface area (Å²) in [6, 6.07) is 5.88. The molecule has 1 aromatic rings. The molecule has 0 atom stereocenters. The van der Waals surface area contributed by atoms with Crippen LogP contribution in [0.15, 0.2) is 28.2 Å². The van der Waals surface area contributed by atoms with Crippen molar-refractivity contribution in [3.8, 4) is 0 Å². The summed E-state index contributed by atoms with van der Waals surface area (Å²) in [7, 11) is 0. The molecule has 1 N–H and O–H groups in total. The van der Waals surface area contributed by atoms with E-state index in [1.165, 1.54) is 0 Å². The lowest BCUT2D eigenvalue weighted by Gasteiger charge is -2.35. The molecule has 0 radical (unpaired) electrons. The number of hydrogen-bond acceptors (Lipinski definition) is 5. The summed E-state index contributed by atoms with van der Waals surface area (Å²) in [5, 5.41) is 4.12. The Kier molecular flexibility index (Phi) is 2.89. The van der Waals surface area contributed by atoms with E-state index in [9.17, 15) is 0 Å². The second-order valence-electron chi connectivity index (χ2n) is 5.16. The summed E-state index contributed by atoms with van der Waals surface area (Å²) in [6.45, 7) is 5.70. The second kappa shape index (κ2) is 4.75. The van der Waals surface area contributed by atoms with Gasteiger partial charge in [0, 0.05) is 37.7 Å². The molecule has 0 unspecified atom stereocenters. The molecule has 1 fully saturated rings. The smallest absolute Gasteiger partial charge is 0.172 e. The molecule has 3 aliphatic heterocycles. The van der Waals surface area contributed by atoms with Crippen molar-refractivity contribution in [3.05, 3.63) is 23.2 Å². The van der Waals surface area contributed by atoms with Crippen molar-refractivity contribution in [2.24, 2.45) is 9.98 Å². The Morgan fingerprint density at radius 1 is 1.10 bits per heavy atom. The zero-order valence-electron chi connectivity index (χ0n) is 11.1. The van der Waals surface area contributed by atoms with Crippen molar-refractivity contribution in [1.29, 1.82) is 0 Å². The van der Waals surface area contributed by atoms with E-state index in [2.05, 4.69) is 20.1 Å². The fourth-order valence-corrected chi connectivity index (χ4v) is 3.10. The van der Waals surface area contributed by atoms with Crippen molar-refractivity contribution in [2.45, 2.75) is 0 Å². The first kappa shape index (κ1) is 12.2. The average molecular weight is 290 g/mol. The standard InChI is InChI=1S/C14H16ClN5/c15-10-1-2-11-12(9-10)20-8-5-17-13(20)14(18-11)19-6-3-16-4-7-19/h1-2,9,16H,3-8H2. The first-order valence-electron chi connectivity index (χ1n) is 6.99. The molecule has 0 spiro atoms. The summed E-state index contributed by atoms with van der Waals surface area (Å²) < 4.78 is 0. The van der Waals surface area contributed by atoms with Crippen LogP contribution in [0.4, 0.5) is 11.4 Å². The summed E-state index contributed by atoms with van der Waals surface area (Å²) in [6.07, 6.45) is 0. The topological polar surface area (TPSA) is 43.2 Å². The number of rotatable bonds is 0. The maximum absolute atomic E-state index is 6.12. The van der Waals surface area contributed by atoms with E-state index >= 15 is 0 Å². The van der Waals surface area contributed by atoms with Crippen molar-refractivity contribution in [1.82, 2.24) is 10.2 Å². The number of aliphatic imine (C=N–C) groups is 2. The van der Waals surface area contributed by atoms with Crippen molar-refractivity contribution >= 4 is 34.6 Å². The fourth-order valence-electron chi connectivity index (χ4n) is 2.93. The third-order valence-corrected chi connectivity index (χ3v) is 4.15. The van der Waals surface area contributed by atoms with Crippen LogP contribution < -0.4 is 10.2 Å². The summed E-state index contributed by atoms with van der Waals surface area (Å²) in [5.74, 6) is 2.01. The van der Waals surface area contributed by atoms with Gasteiger partial charge in [0.1, 0.15) is 0 Å². The highest BCUT2D eigenvalue weighted by Crippen LogP contribution is 2.36. The van der Waals surface area contributed by atoms with Gasteiger partial charge < -0.3 is 15.1 Å². The van der Waals surface area contributed by atoms with Gasteiger partial charge in [-0.2, -0.15) is 0 Å². The van der Waals surface area contributed by atoms with E-state index in [1.54, 1.807) is 0 Å². The second-order valence-corrected chi connectivity index (χ2v) is 5.60. The predicted octanol–water partition coefficient (Wildman–Crippen LogP) is 1.51. The minimum Gasteiger partial charge on any atom is -0.351 e. The lowest BCUT2D eigenvalue weighted by Crippen LogP contribution is -2.52. The number of piperazine rings is 1. The highest BCUT2D eigenvalue weighted by atomic mass is 35.5. The number of anilines is 1. The van der Waals surface area contributed by atoms with Gasteiger partial charge in [-0.25, -0.2) is 4.99 Å². The van der Waals surface area contributed by atoms with Crippen molar-refractivity contribution < 1.29 is 0 Å². The molecule has 0 amide bonds. The van der Waals surface area contributed by atoms with Gasteiger partial charge in [0.15, 0.2) is 11.7 Å². The van der Waals surface area contributed by atoms with Gasteiger partial charge in [-0.3, -0.25) is 4.99 Å². The largest absolute Gasteiger partial charge is 0.351 e. The lowest BCUT2D eigenvalue weighted by molar-refractivity contribution is 0.360. The Bertz CT molecular complexity index is 604. The molecule has 0 saturated carbocycles. The van der Waals surface area contributed by atoms with Crippen molar-refractivity contribution in [2.75, 3.05) is 44.2 Å². The molecule has 20 heavy (non-hydrogen) atoms. The maximum Gasteiger partial charge on any atom is 0.172 e. The Morgan fingerprint density at radius 2 is 1.95 bits per heavy atom. The SMILES string of the molecule is Clc1ccc2c(c1)N1CCN=C1C(N1CCNCC1)=N2. The molecule has 104 valence electrons. The molecule has 0 aromatic heterocycles. The number of nitrogens with one attached hydrogen (secondary N) is 1. The summed E-state index contributed by atoms with van der Waals surface area (Å²) in [4.78, 5) is 14.1. The number of benzene rings is 1. The molecule has 4 rings (SSSR count). The van der Waals surface area contributed by atoms with E-state index in [0.29, 0.717) is 0 Å². The van der Waals surface area contributed by atoms with Gasteiger partial charge >= 0.3 is 0 Å². The number of halogens is 1. The molecular formula is C14H16ClN5. The Hall–Kier alpha value is -1.59. The van der Waals surface area contributed by atoms with Crippen LogP contribution in [0, 0.1) is 0 Å². The number of nitrogens with zero attached hydrogens (tertiary/aromatic N) is 4. The van der Waals surface area contributed by atoms with Crippen LogP contribution in [0.1, 0.15) is 0 Å². The van der Waals surface area contributed by atoms with Crippen LogP contribution in [0.5, 0.6) is 0 Å². The van der Waals surface area contributed by atoms with E-state index in [-0.39, 0.29) is 0 Å². The van der Waals surface area contributed by atoms with E-state index in [0.717, 1.165) is 67.3 Å². The lowest BCUT2D eigenvalue weighted by atomic mass is 10.2. The van der Waals surface area contributed by atoms with E-state index < -0.39 is 0 Å². The Morgan fingerprint density at radius 3 is 2.80 bits per heavy atom. The highest BCUT2D eigenvalue weighted by molar-refractivity contribution is 6.47. The van der Waals surface area contributed by atoms with Crippen LogP contribution in [-0.2, 0) is 0 Å². The quantitative estimate of drug-likeness (QED) is 0.787. The molecule has 3 heterocycles. The molecule has 5 nitrogen and oxygen atoms in total. The maximum atomic E-state index is 6.12. The van der Waals surface area contributed by atoms with Gasteiger partial charge in [0.2, 0.25) is 0 Å². The molecule has 3 aliphatic rings. The monoisotopic (exact) mass is 289 g/mol. The molecule has 6 heteroatoms. The van der Waals surface area contributed by atoms with Crippen LogP contribution in [0.25, 0.3) is 0 Å². The zero-order valence-corrected chi connectivity index (χ0v) is 11.9. The number of hydrogen-bond donors (Lipinski definition) is 1. The number of amidine groups is 2. The molecule has 1 aromatic carbocycles. The number of fused-ring (bicyclic) bond motifs is 3. The fraction of sp³-hybridized carbons (Fsp3) is 0.429. The normalized spacial score (nSPS) is 21.2. The first-order chi connectivity index (χ1) is 9.83. The predicted molar refractivity (Wildman–Crippen MR) is 82.6 cm³/mol. The van der Waals surface area contributed by atoms with Crippen LogP contribution in [-0.4, -0.2) is 55.8 Å². The molecule has 0 aliphatic carbocycles. The molecular weight excluding hydrogens is 274 g/mol. The van der Waals surface area contributed by atoms with Gasteiger partial charge in [0.25, 0.3) is 0 Å². The minimum absolute atomic E-state index is 0.746. The molecule has 1 saturated heterocycles. The zero-order chi connectivity index (χ0) is 13.5. The van der Waals surface area contributed by atoms with Crippen LogP contribution in [0.2, 0.25) is 5.02 Å². The van der Waals surface area contributed by atoms with Crippen LogP contribution >= 0.6 is 11.6 Å². The van der Waals surface area contributed by atoms with Gasteiger partial charge in [-0.05, 0) is 18.2 Å². The van der Waals surface area contributed by atoms with Crippen LogP contribution in [0.3, 0.4) is 0 Å². The summed E-state index contributed by atoms with van der Waals surface area (Å²) in [5.41, 5.74) is 2.07. The first-order valence-corrected chi connectivity index (χ1v) is 7.37. The van der Waals surface area contributed by atoms with Gasteiger partial charge in [-0.15, -0.1) is 0 Å². The third-order valence-electron chi connectivity index (χ3n) is 3.91. The van der Waals surface area contributed by atoms with Crippen molar-refractivity contribution in [3.63, 3.8) is 0 Å². The Balaban J connectivity index is 1.79. The molecule has 0 bridgehead atoms. The van der Waals surface area contributed by atoms with E-state index in [4.69, 9.17) is 16.6 Å². The third kappa shape index (κ3) is 1.89. The highest BCUT2D eigenvalue weighted by Gasteiger charge is 2.32.